The molecule has 1 aliphatic rings. The van der Waals surface area contributed by atoms with Crippen LogP contribution in [0.1, 0.15) is 46.2 Å². The third-order valence-electron chi connectivity index (χ3n) is 4.52. The molecule has 2 heterocycles. The molecule has 2 N–H and O–H groups in total. The Morgan fingerprint density at radius 3 is 2.54 bits per heavy atom. The van der Waals surface area contributed by atoms with E-state index in [4.69, 9.17) is 9.84 Å². The second-order valence-corrected chi connectivity index (χ2v) is 6.48. The lowest BCUT2D eigenvalue weighted by molar-refractivity contribution is -0.143. The summed E-state index contributed by atoms with van der Waals surface area (Å²) in [5.41, 5.74) is -2.08. The van der Waals surface area contributed by atoms with Gasteiger partial charge in [0.15, 0.2) is 5.69 Å². The molecule has 1 saturated heterocycles. The minimum Gasteiger partial charge on any atom is -0.478 e. The molecule has 3 rings (SSSR count). The Bertz CT molecular complexity index is 871. The second kappa shape index (κ2) is 7.63. The van der Waals surface area contributed by atoms with Crippen molar-refractivity contribution in [3.63, 3.8) is 0 Å². The highest BCUT2D eigenvalue weighted by Gasteiger charge is 2.40. The summed E-state index contributed by atoms with van der Waals surface area (Å²) in [6, 6.07) is 5.07. The van der Waals surface area contributed by atoms with Crippen LogP contribution in [0.2, 0.25) is 0 Å². The predicted molar refractivity (Wildman–Crippen MR) is 91.4 cm³/mol. The summed E-state index contributed by atoms with van der Waals surface area (Å²) in [6.45, 7) is 2.48. The number of aromatic carboxylic acids is 1. The molecule has 1 aromatic heterocycles. The highest BCUT2D eigenvalue weighted by Crippen LogP contribution is 2.33. The molecule has 0 spiro atoms. The zero-order valence-electron chi connectivity index (χ0n) is 14.9. The minimum absolute atomic E-state index is 0.0106. The number of halogens is 3. The van der Waals surface area contributed by atoms with Gasteiger partial charge in [-0.1, -0.05) is 0 Å². The van der Waals surface area contributed by atoms with E-state index < -0.39 is 23.4 Å². The lowest BCUT2D eigenvalue weighted by Gasteiger charge is -2.20. The third kappa shape index (κ3) is 4.01. The SMILES string of the molecule is CC(NC(=O)c1ccc(-n2ncc(C(=O)O)c2C(F)(F)F)cc1)C1CCCO1. The fourth-order valence-corrected chi connectivity index (χ4v) is 3.11. The first-order chi connectivity index (χ1) is 13.2. The van der Waals surface area contributed by atoms with Crippen LogP contribution in [0.15, 0.2) is 30.5 Å². The Labute approximate surface area is 158 Å². The number of carboxylic acids is 1. The molecular formula is C18H18F3N3O4. The maximum absolute atomic E-state index is 13.3. The zero-order chi connectivity index (χ0) is 20.5. The van der Waals surface area contributed by atoms with Crippen LogP contribution in [0, 0.1) is 0 Å². The number of carbonyl (C=O) groups is 2. The summed E-state index contributed by atoms with van der Waals surface area (Å²) in [6.07, 6.45) is -2.53. The first-order valence-corrected chi connectivity index (χ1v) is 8.60. The normalized spacial score (nSPS) is 18.1. The van der Waals surface area contributed by atoms with Gasteiger partial charge in [-0.05, 0) is 44.0 Å². The van der Waals surface area contributed by atoms with Crippen LogP contribution in [0.25, 0.3) is 5.69 Å². The van der Waals surface area contributed by atoms with Gasteiger partial charge < -0.3 is 15.2 Å². The first-order valence-electron chi connectivity index (χ1n) is 8.60. The number of hydrogen-bond acceptors (Lipinski definition) is 4. The lowest BCUT2D eigenvalue weighted by atomic mass is 10.1. The molecule has 0 radical (unpaired) electrons. The molecule has 150 valence electrons. The van der Waals surface area contributed by atoms with Crippen molar-refractivity contribution in [1.82, 2.24) is 15.1 Å². The number of alkyl halides is 3. The molecule has 1 amide bonds. The number of hydrogen-bond donors (Lipinski definition) is 2. The van der Waals surface area contributed by atoms with Crippen LogP contribution in [0.5, 0.6) is 0 Å². The fourth-order valence-electron chi connectivity index (χ4n) is 3.11. The van der Waals surface area contributed by atoms with Crippen LogP contribution >= 0.6 is 0 Å². The van der Waals surface area contributed by atoms with Crippen molar-refractivity contribution in [2.24, 2.45) is 0 Å². The van der Waals surface area contributed by atoms with Gasteiger partial charge in [0, 0.05) is 12.2 Å². The van der Waals surface area contributed by atoms with E-state index in [0.717, 1.165) is 12.8 Å². The molecule has 1 aliphatic heterocycles. The maximum Gasteiger partial charge on any atom is 0.434 e. The number of rotatable bonds is 5. The lowest BCUT2D eigenvalue weighted by Crippen LogP contribution is -2.40. The van der Waals surface area contributed by atoms with E-state index in [1.54, 1.807) is 0 Å². The first kappa shape index (κ1) is 19.9. The molecule has 2 atom stereocenters. The molecular weight excluding hydrogens is 379 g/mol. The number of nitrogens with one attached hydrogen (secondary N) is 1. The van der Waals surface area contributed by atoms with Crippen LogP contribution in [-0.4, -0.2) is 45.5 Å². The van der Waals surface area contributed by atoms with Gasteiger partial charge in [-0.15, -0.1) is 0 Å². The quantitative estimate of drug-likeness (QED) is 0.809. The number of carbonyl (C=O) groups excluding carboxylic acids is 1. The van der Waals surface area contributed by atoms with Crippen molar-refractivity contribution in [3.8, 4) is 5.69 Å². The molecule has 0 saturated carbocycles. The van der Waals surface area contributed by atoms with Crippen molar-refractivity contribution >= 4 is 11.9 Å². The van der Waals surface area contributed by atoms with Crippen LogP contribution < -0.4 is 5.32 Å². The van der Waals surface area contributed by atoms with Gasteiger partial charge >= 0.3 is 12.1 Å². The summed E-state index contributed by atoms with van der Waals surface area (Å²) in [5.74, 6) is -2.10. The van der Waals surface area contributed by atoms with Crippen molar-refractivity contribution in [2.45, 2.75) is 38.1 Å². The summed E-state index contributed by atoms with van der Waals surface area (Å²) >= 11 is 0. The number of aromatic nitrogens is 2. The average Bonchev–Trinajstić information content (AvgIpc) is 3.31. The van der Waals surface area contributed by atoms with Gasteiger partial charge in [0.2, 0.25) is 0 Å². The molecule has 1 fully saturated rings. The summed E-state index contributed by atoms with van der Waals surface area (Å²) in [7, 11) is 0. The van der Waals surface area contributed by atoms with Gasteiger partial charge in [-0.2, -0.15) is 18.3 Å². The van der Waals surface area contributed by atoms with Crippen molar-refractivity contribution in [1.29, 1.82) is 0 Å². The predicted octanol–water partition coefficient (Wildman–Crippen LogP) is 2.89. The molecule has 2 aromatic rings. The van der Waals surface area contributed by atoms with E-state index in [2.05, 4.69) is 10.4 Å². The highest BCUT2D eigenvalue weighted by atomic mass is 19.4. The monoisotopic (exact) mass is 397 g/mol. The third-order valence-corrected chi connectivity index (χ3v) is 4.52. The minimum atomic E-state index is -4.91. The zero-order valence-corrected chi connectivity index (χ0v) is 14.9. The van der Waals surface area contributed by atoms with Gasteiger partial charge in [0.25, 0.3) is 5.91 Å². The van der Waals surface area contributed by atoms with Gasteiger partial charge in [0.05, 0.1) is 24.0 Å². The largest absolute Gasteiger partial charge is 0.478 e. The van der Waals surface area contributed by atoms with Gasteiger partial charge in [-0.3, -0.25) is 4.79 Å². The molecule has 2 unspecified atom stereocenters. The van der Waals surface area contributed by atoms with Crippen molar-refractivity contribution in [2.75, 3.05) is 6.61 Å². The van der Waals surface area contributed by atoms with Crippen LogP contribution in [0.3, 0.4) is 0 Å². The molecule has 1 aromatic carbocycles. The van der Waals surface area contributed by atoms with E-state index in [0.29, 0.717) is 17.5 Å². The van der Waals surface area contributed by atoms with Crippen LogP contribution in [0.4, 0.5) is 13.2 Å². The Hall–Kier alpha value is -2.88. The number of ether oxygens (including phenoxy) is 1. The van der Waals surface area contributed by atoms with Gasteiger partial charge in [0.1, 0.15) is 5.56 Å². The second-order valence-electron chi connectivity index (χ2n) is 6.48. The van der Waals surface area contributed by atoms with Crippen LogP contribution in [-0.2, 0) is 10.9 Å². The molecule has 10 heteroatoms. The topological polar surface area (TPSA) is 93.5 Å². The number of amides is 1. The molecule has 28 heavy (non-hydrogen) atoms. The summed E-state index contributed by atoms with van der Waals surface area (Å²) in [4.78, 5) is 23.4. The van der Waals surface area contributed by atoms with Crippen molar-refractivity contribution < 1.29 is 32.6 Å². The number of nitrogens with zero attached hydrogens (tertiary/aromatic N) is 2. The highest BCUT2D eigenvalue weighted by molar-refractivity contribution is 5.94. The molecule has 0 bridgehead atoms. The summed E-state index contributed by atoms with van der Waals surface area (Å²) in [5, 5.41) is 15.3. The standard InChI is InChI=1S/C18H18F3N3O4/c1-10(14-3-2-8-28-14)23-16(25)11-4-6-12(7-5-11)24-15(18(19,20)21)13(9-22-24)17(26)27/h4-7,9-10,14H,2-3,8H2,1H3,(H,23,25)(H,26,27). The van der Waals surface area contributed by atoms with Crippen molar-refractivity contribution in [3.05, 3.63) is 47.3 Å². The number of carboxylic acid groups (broad SMARTS) is 1. The smallest absolute Gasteiger partial charge is 0.434 e. The van der Waals surface area contributed by atoms with E-state index in [1.807, 2.05) is 6.92 Å². The Kier molecular flexibility index (Phi) is 5.41. The van der Waals surface area contributed by atoms with E-state index in [9.17, 15) is 22.8 Å². The number of benzene rings is 1. The molecule has 7 nitrogen and oxygen atoms in total. The Balaban J connectivity index is 1.81. The maximum atomic E-state index is 13.3. The van der Waals surface area contributed by atoms with Gasteiger partial charge in [-0.25, -0.2) is 9.48 Å². The Morgan fingerprint density at radius 1 is 1.32 bits per heavy atom. The Morgan fingerprint density at radius 2 is 2.00 bits per heavy atom. The fraction of sp³-hybridized carbons (Fsp3) is 0.389. The van der Waals surface area contributed by atoms with E-state index >= 15 is 0 Å². The summed E-state index contributed by atoms with van der Waals surface area (Å²) < 4.78 is 45.9. The average molecular weight is 397 g/mol. The van der Waals surface area contributed by atoms with E-state index in [1.165, 1.54) is 24.3 Å². The van der Waals surface area contributed by atoms with E-state index in [-0.39, 0.29) is 29.3 Å². The molecule has 0 aliphatic carbocycles.